The summed E-state index contributed by atoms with van der Waals surface area (Å²) in [6.07, 6.45) is 5.47. The molecule has 0 amide bonds. The summed E-state index contributed by atoms with van der Waals surface area (Å²) in [6.45, 7) is 2.66. The van der Waals surface area contributed by atoms with E-state index in [1.165, 1.54) is 6.33 Å². The first-order valence-electron chi connectivity index (χ1n) is 6.89. The van der Waals surface area contributed by atoms with Crippen molar-refractivity contribution >= 4 is 51.0 Å². The topological polar surface area (TPSA) is 70.9 Å². The molecule has 2 atom stereocenters. The van der Waals surface area contributed by atoms with Gasteiger partial charge in [0.2, 0.25) is 0 Å². The van der Waals surface area contributed by atoms with Gasteiger partial charge < -0.3 is 10.4 Å². The predicted octanol–water partition coefficient (Wildman–Crippen LogP) is 2.87. The average Bonchev–Trinajstić information content (AvgIpc) is 2.92. The normalized spacial score (nSPS) is 25.0. The summed E-state index contributed by atoms with van der Waals surface area (Å²) < 4.78 is 1.94. The first kappa shape index (κ1) is 15.3. The highest BCUT2D eigenvalue weighted by molar-refractivity contribution is 8.00. The summed E-state index contributed by atoms with van der Waals surface area (Å²) in [6, 6.07) is 0. The monoisotopic (exact) mass is 342 g/mol. The minimum atomic E-state index is -0.620. The van der Waals surface area contributed by atoms with Crippen LogP contribution in [0.3, 0.4) is 0 Å². The van der Waals surface area contributed by atoms with Crippen LogP contribution < -0.4 is 5.32 Å². The molecule has 2 N–H and O–H groups in total. The smallest absolute Gasteiger partial charge is 0.176 e. The predicted molar refractivity (Wildman–Crippen MR) is 91.6 cm³/mol. The van der Waals surface area contributed by atoms with Crippen LogP contribution in [0.25, 0.3) is 10.3 Å². The summed E-state index contributed by atoms with van der Waals surface area (Å²) in [5, 5.41) is 14.3. The lowest BCUT2D eigenvalue weighted by Gasteiger charge is -2.45. The van der Waals surface area contributed by atoms with Crippen LogP contribution in [0, 0.1) is 0 Å². The van der Waals surface area contributed by atoms with Crippen LogP contribution in [0.4, 0.5) is 5.82 Å². The molecule has 1 saturated carbocycles. The van der Waals surface area contributed by atoms with Gasteiger partial charge in [0.1, 0.15) is 16.8 Å². The zero-order chi connectivity index (χ0) is 14.9. The van der Waals surface area contributed by atoms with Crippen molar-refractivity contribution in [3.8, 4) is 0 Å². The molecular weight excluding hydrogens is 324 g/mol. The Morgan fingerprint density at radius 1 is 1.52 bits per heavy atom. The zero-order valence-electron chi connectivity index (χ0n) is 12.0. The minimum Gasteiger partial charge on any atom is -0.387 e. The van der Waals surface area contributed by atoms with Crippen molar-refractivity contribution in [2.45, 2.75) is 35.0 Å². The molecule has 3 rings (SSSR count). The second-order valence-corrected chi connectivity index (χ2v) is 8.53. The fourth-order valence-corrected chi connectivity index (χ4v) is 5.10. The molecule has 0 saturated heterocycles. The van der Waals surface area contributed by atoms with E-state index in [2.05, 4.69) is 27.2 Å². The third-order valence-electron chi connectivity index (χ3n) is 3.71. The Bertz CT molecular complexity index is 635. The number of aromatic nitrogens is 3. The van der Waals surface area contributed by atoms with Gasteiger partial charge in [-0.3, -0.25) is 0 Å². The number of fused-ring (bicyclic) bond motifs is 1. The number of rotatable bonds is 6. The second kappa shape index (κ2) is 6.28. The Balaban J connectivity index is 1.75. The largest absolute Gasteiger partial charge is 0.387 e. The number of hydrogen-bond donors (Lipinski definition) is 2. The highest BCUT2D eigenvalue weighted by Gasteiger charge is 2.45. The molecule has 0 bridgehead atoms. The summed E-state index contributed by atoms with van der Waals surface area (Å²) in [4.78, 5) is 12.9. The van der Waals surface area contributed by atoms with Gasteiger partial charge in [0.15, 0.2) is 9.99 Å². The van der Waals surface area contributed by atoms with Gasteiger partial charge in [0, 0.05) is 11.8 Å². The molecule has 21 heavy (non-hydrogen) atoms. The molecule has 2 heterocycles. The number of thiazole rings is 1. The summed E-state index contributed by atoms with van der Waals surface area (Å²) in [5.41, 5.74) is 0.104. The van der Waals surface area contributed by atoms with Crippen LogP contribution >= 0.6 is 34.9 Å². The van der Waals surface area contributed by atoms with Gasteiger partial charge in [-0.1, -0.05) is 18.7 Å². The van der Waals surface area contributed by atoms with Crippen molar-refractivity contribution in [2.24, 2.45) is 0 Å². The average molecular weight is 343 g/mol. The number of thioether (sulfide) groups is 2. The molecular formula is C13H18N4OS3. The highest BCUT2D eigenvalue weighted by atomic mass is 32.2. The lowest BCUT2D eigenvalue weighted by molar-refractivity contribution is -0.0120. The molecule has 2 unspecified atom stereocenters. The standard InChI is InChI=1S/C13H18N4OS3/c1-3-20-8-4-5-13(8,18)6-14-10-9-11(16-7-15-10)17-12(19-2)21-9/h7-8,18H,3-6H2,1-2H3,(H,14,15,16). The molecule has 1 aliphatic rings. The van der Waals surface area contributed by atoms with E-state index in [0.29, 0.717) is 11.8 Å². The SMILES string of the molecule is CCSC1CCC1(O)CNc1ncnc2nc(SC)sc12. The molecule has 2 aromatic rings. The van der Waals surface area contributed by atoms with Crippen LogP contribution in [-0.4, -0.2) is 49.5 Å². The van der Waals surface area contributed by atoms with Crippen molar-refractivity contribution in [1.29, 1.82) is 0 Å². The molecule has 1 fully saturated rings. The van der Waals surface area contributed by atoms with Gasteiger partial charge in [0.05, 0.1) is 5.60 Å². The van der Waals surface area contributed by atoms with Crippen LogP contribution in [0.15, 0.2) is 10.7 Å². The number of anilines is 1. The van der Waals surface area contributed by atoms with Crippen molar-refractivity contribution in [1.82, 2.24) is 15.0 Å². The van der Waals surface area contributed by atoms with E-state index >= 15 is 0 Å². The van der Waals surface area contributed by atoms with Crippen LogP contribution in [0.5, 0.6) is 0 Å². The quantitative estimate of drug-likeness (QED) is 0.782. The van der Waals surface area contributed by atoms with E-state index in [1.807, 2.05) is 18.0 Å². The van der Waals surface area contributed by atoms with Crippen LogP contribution in [0.2, 0.25) is 0 Å². The number of nitrogens with zero attached hydrogens (tertiary/aromatic N) is 3. The van der Waals surface area contributed by atoms with Gasteiger partial charge in [0.25, 0.3) is 0 Å². The third-order valence-corrected chi connectivity index (χ3v) is 7.16. The molecule has 8 heteroatoms. The maximum Gasteiger partial charge on any atom is 0.176 e. The van der Waals surface area contributed by atoms with E-state index in [1.54, 1.807) is 23.1 Å². The number of aliphatic hydroxyl groups is 1. The Morgan fingerprint density at radius 3 is 3.05 bits per heavy atom. The maximum atomic E-state index is 10.6. The third kappa shape index (κ3) is 2.99. The molecule has 0 radical (unpaired) electrons. The van der Waals surface area contributed by atoms with Crippen molar-refractivity contribution < 1.29 is 5.11 Å². The molecule has 5 nitrogen and oxygen atoms in total. The van der Waals surface area contributed by atoms with Crippen molar-refractivity contribution in [2.75, 3.05) is 23.9 Å². The van der Waals surface area contributed by atoms with Crippen molar-refractivity contribution in [3.05, 3.63) is 6.33 Å². The first-order valence-corrected chi connectivity index (χ1v) is 9.98. The highest BCUT2D eigenvalue weighted by Crippen LogP contribution is 2.41. The first-order chi connectivity index (χ1) is 10.2. The minimum absolute atomic E-state index is 0.329. The van der Waals surface area contributed by atoms with Gasteiger partial charge in [-0.05, 0) is 24.9 Å². The lowest BCUT2D eigenvalue weighted by Crippen LogP contribution is -2.54. The number of nitrogens with one attached hydrogen (secondary N) is 1. The Hall–Kier alpha value is -0.570. The van der Waals surface area contributed by atoms with Crippen LogP contribution in [0.1, 0.15) is 19.8 Å². The van der Waals surface area contributed by atoms with Gasteiger partial charge in [-0.25, -0.2) is 15.0 Å². The lowest BCUT2D eigenvalue weighted by atomic mass is 9.79. The van der Waals surface area contributed by atoms with Gasteiger partial charge in [-0.2, -0.15) is 11.8 Å². The fraction of sp³-hybridized carbons (Fsp3) is 0.615. The van der Waals surface area contributed by atoms with E-state index in [9.17, 15) is 5.11 Å². The van der Waals surface area contributed by atoms with E-state index in [0.717, 1.165) is 39.1 Å². The summed E-state index contributed by atoms with van der Waals surface area (Å²) >= 11 is 5.03. The Kier molecular flexibility index (Phi) is 4.58. The van der Waals surface area contributed by atoms with Gasteiger partial charge >= 0.3 is 0 Å². The summed E-state index contributed by atoms with van der Waals surface area (Å²) in [7, 11) is 0. The molecule has 114 valence electrons. The molecule has 1 aliphatic carbocycles. The van der Waals surface area contributed by atoms with Crippen LogP contribution in [-0.2, 0) is 0 Å². The fourth-order valence-electron chi connectivity index (χ4n) is 2.42. The molecule has 0 aliphatic heterocycles. The molecule has 0 spiro atoms. The Morgan fingerprint density at radius 2 is 2.38 bits per heavy atom. The van der Waals surface area contributed by atoms with E-state index < -0.39 is 5.60 Å². The van der Waals surface area contributed by atoms with Crippen molar-refractivity contribution in [3.63, 3.8) is 0 Å². The zero-order valence-corrected chi connectivity index (χ0v) is 14.4. The van der Waals surface area contributed by atoms with E-state index in [4.69, 9.17) is 0 Å². The molecule has 0 aromatic carbocycles. The number of hydrogen-bond acceptors (Lipinski definition) is 8. The van der Waals surface area contributed by atoms with E-state index in [-0.39, 0.29) is 0 Å². The van der Waals surface area contributed by atoms with Gasteiger partial charge in [-0.15, -0.1) is 11.3 Å². The molecule has 2 aromatic heterocycles. The maximum absolute atomic E-state index is 10.6. The second-order valence-electron chi connectivity index (χ2n) is 5.00. The summed E-state index contributed by atoms with van der Waals surface area (Å²) in [5.74, 6) is 1.81. The Labute approximate surface area is 136 Å².